The summed E-state index contributed by atoms with van der Waals surface area (Å²) in [5.74, 6) is 1.39. The highest BCUT2D eigenvalue weighted by Crippen LogP contribution is 2.33. The number of methoxy groups -OCH3 is 1. The lowest BCUT2D eigenvalue weighted by molar-refractivity contribution is 0.0526. The Hall–Kier alpha value is -2.53. The summed E-state index contributed by atoms with van der Waals surface area (Å²) < 4.78 is 16.3. The fraction of sp³-hybridized carbons (Fsp3) is 0.381. The Bertz CT molecular complexity index is 757. The average Bonchev–Trinajstić information content (AvgIpc) is 2.81. The summed E-state index contributed by atoms with van der Waals surface area (Å²) in [6, 6.07) is 13.8. The second kappa shape index (κ2) is 8.23. The molecule has 0 radical (unpaired) electrons. The first-order valence-corrected chi connectivity index (χ1v) is 8.93. The van der Waals surface area contributed by atoms with Gasteiger partial charge in [0.15, 0.2) is 0 Å². The maximum atomic E-state index is 12.1. The largest absolute Gasteiger partial charge is 0.497 e. The highest BCUT2D eigenvalue weighted by molar-refractivity contribution is 5.90. The highest BCUT2D eigenvalue weighted by Gasteiger charge is 2.24. The van der Waals surface area contributed by atoms with Crippen LogP contribution in [-0.4, -0.2) is 37.7 Å². The van der Waals surface area contributed by atoms with Crippen molar-refractivity contribution >= 4 is 5.97 Å². The van der Waals surface area contributed by atoms with Crippen LogP contribution in [0.25, 0.3) is 0 Å². The molecule has 1 aliphatic rings. The van der Waals surface area contributed by atoms with Gasteiger partial charge in [-0.2, -0.15) is 0 Å². The van der Waals surface area contributed by atoms with Crippen molar-refractivity contribution < 1.29 is 19.0 Å². The maximum absolute atomic E-state index is 12.1. The van der Waals surface area contributed by atoms with Gasteiger partial charge >= 0.3 is 5.97 Å². The molecule has 2 aromatic carbocycles. The summed E-state index contributed by atoms with van der Waals surface area (Å²) >= 11 is 0. The summed E-state index contributed by atoms with van der Waals surface area (Å²) in [5.41, 5.74) is 2.79. The summed E-state index contributed by atoms with van der Waals surface area (Å²) in [7, 11) is 1.67. The molecule has 0 aromatic heterocycles. The second-order valence-electron chi connectivity index (χ2n) is 6.32. The Morgan fingerprint density at radius 3 is 2.69 bits per heavy atom. The van der Waals surface area contributed by atoms with Crippen molar-refractivity contribution in [3.05, 3.63) is 59.2 Å². The minimum Gasteiger partial charge on any atom is -0.497 e. The molecule has 0 spiro atoms. The van der Waals surface area contributed by atoms with Gasteiger partial charge in [-0.15, -0.1) is 0 Å². The lowest BCUT2D eigenvalue weighted by Crippen LogP contribution is -2.28. The van der Waals surface area contributed by atoms with Crippen LogP contribution in [0.15, 0.2) is 42.5 Å². The molecule has 3 rings (SSSR count). The lowest BCUT2D eigenvalue weighted by Gasteiger charge is -2.27. The molecule has 1 heterocycles. The Morgan fingerprint density at radius 1 is 1.23 bits per heavy atom. The maximum Gasteiger partial charge on any atom is 0.338 e. The molecule has 0 saturated carbocycles. The zero-order valence-electron chi connectivity index (χ0n) is 15.5. The van der Waals surface area contributed by atoms with Gasteiger partial charge in [-0.05, 0) is 49.7 Å². The van der Waals surface area contributed by atoms with Gasteiger partial charge in [0.2, 0.25) is 0 Å². The summed E-state index contributed by atoms with van der Waals surface area (Å²) in [6.07, 6.45) is 0. The molecule has 5 nitrogen and oxygen atoms in total. The molecule has 0 aliphatic carbocycles. The lowest BCUT2D eigenvalue weighted by atomic mass is 10.0. The van der Waals surface area contributed by atoms with E-state index in [0.717, 1.165) is 30.2 Å². The normalized spacial score (nSPS) is 17.0. The van der Waals surface area contributed by atoms with Crippen molar-refractivity contribution in [2.45, 2.75) is 26.4 Å². The van der Waals surface area contributed by atoms with Crippen molar-refractivity contribution in [2.24, 2.45) is 0 Å². The Labute approximate surface area is 154 Å². The monoisotopic (exact) mass is 355 g/mol. The third-order valence-electron chi connectivity index (χ3n) is 4.70. The van der Waals surface area contributed by atoms with E-state index in [9.17, 15) is 4.79 Å². The molecule has 0 N–H and O–H groups in total. The molecule has 0 amide bonds. The minimum atomic E-state index is -0.298. The molecule has 0 bridgehead atoms. The van der Waals surface area contributed by atoms with Gasteiger partial charge in [0.05, 0.1) is 19.3 Å². The fourth-order valence-corrected chi connectivity index (χ4v) is 3.19. The predicted octanol–water partition coefficient (Wildman–Crippen LogP) is 3.83. The number of hydrogen-bond acceptors (Lipinski definition) is 5. The number of carbonyl (C=O) groups excluding carboxylic acids is 1. The van der Waals surface area contributed by atoms with E-state index in [1.54, 1.807) is 13.2 Å². The first-order valence-electron chi connectivity index (χ1n) is 8.93. The van der Waals surface area contributed by atoms with E-state index in [0.29, 0.717) is 18.8 Å². The van der Waals surface area contributed by atoms with E-state index in [2.05, 4.69) is 24.0 Å². The molecule has 0 saturated heterocycles. The SMILES string of the molecule is CCOC(=O)c1ccc2c(c1)C(C)N(Cc1ccc(OC)cc1)CCO2. The number of nitrogens with zero attached hydrogens (tertiary/aromatic N) is 1. The number of carbonyl (C=O) groups is 1. The number of esters is 1. The summed E-state index contributed by atoms with van der Waals surface area (Å²) in [4.78, 5) is 14.4. The quantitative estimate of drug-likeness (QED) is 0.763. The van der Waals surface area contributed by atoms with Crippen LogP contribution in [0.3, 0.4) is 0 Å². The summed E-state index contributed by atoms with van der Waals surface area (Å²) in [6.45, 7) is 6.56. The van der Waals surface area contributed by atoms with Crippen LogP contribution in [0.1, 0.15) is 41.4 Å². The number of hydrogen-bond donors (Lipinski definition) is 0. The van der Waals surface area contributed by atoms with Gasteiger partial charge in [0.25, 0.3) is 0 Å². The van der Waals surface area contributed by atoms with Crippen molar-refractivity contribution in [1.82, 2.24) is 4.90 Å². The first kappa shape index (κ1) is 18.3. The van der Waals surface area contributed by atoms with E-state index in [1.165, 1.54) is 5.56 Å². The van der Waals surface area contributed by atoms with Crippen molar-refractivity contribution in [3.63, 3.8) is 0 Å². The van der Waals surface area contributed by atoms with Crippen molar-refractivity contribution in [3.8, 4) is 11.5 Å². The van der Waals surface area contributed by atoms with Crippen LogP contribution < -0.4 is 9.47 Å². The summed E-state index contributed by atoms with van der Waals surface area (Å²) in [5, 5.41) is 0. The third kappa shape index (κ3) is 3.99. The standard InChI is InChI=1S/C21H25NO4/c1-4-25-21(23)17-7-10-20-19(13-17)15(2)22(11-12-26-20)14-16-5-8-18(24-3)9-6-16/h5-10,13,15H,4,11-12,14H2,1-3H3. The molecule has 1 atom stereocenters. The van der Waals surface area contributed by atoms with Crippen LogP contribution in [0.2, 0.25) is 0 Å². The van der Waals surface area contributed by atoms with Crippen LogP contribution in [-0.2, 0) is 11.3 Å². The minimum absolute atomic E-state index is 0.129. The third-order valence-corrected chi connectivity index (χ3v) is 4.70. The number of rotatable bonds is 5. The van der Waals surface area contributed by atoms with Gasteiger partial charge in [0, 0.05) is 24.7 Å². The van der Waals surface area contributed by atoms with E-state index in [1.807, 2.05) is 31.2 Å². The zero-order valence-corrected chi connectivity index (χ0v) is 15.5. The Balaban J connectivity index is 1.82. The molecule has 2 aromatic rings. The molecule has 1 aliphatic heterocycles. The van der Waals surface area contributed by atoms with E-state index < -0.39 is 0 Å². The van der Waals surface area contributed by atoms with Crippen LogP contribution in [0.4, 0.5) is 0 Å². The molecule has 1 unspecified atom stereocenters. The number of ether oxygens (including phenoxy) is 3. The van der Waals surface area contributed by atoms with E-state index in [4.69, 9.17) is 14.2 Å². The molecular weight excluding hydrogens is 330 g/mol. The van der Waals surface area contributed by atoms with Crippen LogP contribution >= 0.6 is 0 Å². The number of fused-ring (bicyclic) bond motifs is 1. The van der Waals surface area contributed by atoms with Gasteiger partial charge in [-0.25, -0.2) is 4.79 Å². The predicted molar refractivity (Wildman–Crippen MR) is 99.7 cm³/mol. The molecule has 138 valence electrons. The van der Waals surface area contributed by atoms with Crippen molar-refractivity contribution in [1.29, 1.82) is 0 Å². The Morgan fingerprint density at radius 2 is 2.00 bits per heavy atom. The highest BCUT2D eigenvalue weighted by atomic mass is 16.5. The van der Waals surface area contributed by atoms with Crippen molar-refractivity contribution in [2.75, 3.05) is 26.9 Å². The molecule has 0 fully saturated rings. The molecule has 26 heavy (non-hydrogen) atoms. The number of benzene rings is 2. The average molecular weight is 355 g/mol. The first-order chi connectivity index (χ1) is 12.6. The van der Waals surface area contributed by atoms with Gasteiger partial charge in [-0.1, -0.05) is 12.1 Å². The Kier molecular flexibility index (Phi) is 5.78. The smallest absolute Gasteiger partial charge is 0.338 e. The van der Waals surface area contributed by atoms with Crippen LogP contribution in [0, 0.1) is 0 Å². The molecule has 5 heteroatoms. The van der Waals surface area contributed by atoms with Gasteiger partial charge in [0.1, 0.15) is 18.1 Å². The topological polar surface area (TPSA) is 48.0 Å². The van der Waals surface area contributed by atoms with Crippen LogP contribution in [0.5, 0.6) is 11.5 Å². The molecular formula is C21H25NO4. The second-order valence-corrected chi connectivity index (χ2v) is 6.32. The van der Waals surface area contributed by atoms with E-state index >= 15 is 0 Å². The fourth-order valence-electron chi connectivity index (χ4n) is 3.19. The van der Waals surface area contributed by atoms with Gasteiger partial charge in [-0.3, -0.25) is 4.90 Å². The van der Waals surface area contributed by atoms with E-state index in [-0.39, 0.29) is 12.0 Å². The zero-order chi connectivity index (χ0) is 18.5. The van der Waals surface area contributed by atoms with Gasteiger partial charge < -0.3 is 14.2 Å².